The fourth-order valence-electron chi connectivity index (χ4n) is 4.21. The van der Waals surface area contributed by atoms with Crippen molar-refractivity contribution < 1.29 is 28.8 Å². The molecule has 8 nitrogen and oxygen atoms in total. The number of aliphatic hydroxyl groups excluding tert-OH is 1. The quantitative estimate of drug-likeness (QED) is 0.457. The van der Waals surface area contributed by atoms with Crippen molar-refractivity contribution in [2.45, 2.75) is 38.1 Å². The molecule has 188 valence electrons. The highest BCUT2D eigenvalue weighted by molar-refractivity contribution is 5.43. The maximum Gasteiger partial charge on any atom is 0.161 e. The molecule has 1 aliphatic rings. The molecule has 35 heavy (non-hydrogen) atoms. The van der Waals surface area contributed by atoms with E-state index in [0.29, 0.717) is 49.9 Å². The molecule has 0 radical (unpaired) electrons. The Morgan fingerprint density at radius 2 is 2.03 bits per heavy atom. The third kappa shape index (κ3) is 6.50. The lowest BCUT2D eigenvalue weighted by molar-refractivity contribution is -0.140. The number of ether oxygens (including phenoxy) is 3. The zero-order valence-corrected chi connectivity index (χ0v) is 20.1. The first kappa shape index (κ1) is 25.0. The third-order valence-corrected chi connectivity index (χ3v) is 6.10. The summed E-state index contributed by atoms with van der Waals surface area (Å²) in [5, 5.41) is 25.8. The van der Waals surface area contributed by atoms with Gasteiger partial charge in [0.25, 0.3) is 0 Å². The predicted octanol–water partition coefficient (Wildman–Crippen LogP) is 2.79. The van der Waals surface area contributed by atoms with Crippen molar-refractivity contribution in [2.75, 3.05) is 33.4 Å². The molecular weight excluding hydrogens is 453 g/mol. The summed E-state index contributed by atoms with van der Waals surface area (Å²) in [6.07, 6.45) is 3.23. The first-order valence-electron chi connectivity index (χ1n) is 11.6. The molecule has 0 bridgehead atoms. The molecule has 3 aromatic rings. The lowest BCUT2D eigenvalue weighted by Gasteiger charge is -2.42. The van der Waals surface area contributed by atoms with E-state index in [9.17, 15) is 14.6 Å². The highest BCUT2D eigenvalue weighted by Gasteiger charge is 2.42. The Kier molecular flexibility index (Phi) is 7.90. The number of benzene rings is 2. The summed E-state index contributed by atoms with van der Waals surface area (Å²) in [6, 6.07) is 11.5. The number of methoxy groups -OCH3 is 1. The van der Waals surface area contributed by atoms with E-state index in [1.165, 1.54) is 18.2 Å². The van der Waals surface area contributed by atoms with Gasteiger partial charge in [-0.15, -0.1) is 0 Å². The van der Waals surface area contributed by atoms with Crippen molar-refractivity contribution >= 4 is 0 Å². The van der Waals surface area contributed by atoms with E-state index < -0.39 is 17.5 Å². The monoisotopic (exact) mass is 485 g/mol. The SMILES string of the molecule is COc1cc(CN2CC[C@H](O)[C@@](O)(COc3cccc(F)c3)C2)ccc1OCCn1cc(C)cn1. The number of aliphatic hydroxyl groups is 2. The van der Waals surface area contributed by atoms with Gasteiger partial charge in [0.2, 0.25) is 0 Å². The van der Waals surface area contributed by atoms with Gasteiger partial charge in [0.05, 0.1) is 26.0 Å². The van der Waals surface area contributed by atoms with Gasteiger partial charge in [-0.05, 0) is 48.7 Å². The van der Waals surface area contributed by atoms with Crippen LogP contribution in [-0.2, 0) is 13.1 Å². The van der Waals surface area contributed by atoms with Gasteiger partial charge < -0.3 is 24.4 Å². The molecule has 4 rings (SSSR count). The molecule has 1 saturated heterocycles. The molecule has 0 aliphatic carbocycles. The number of hydrogen-bond acceptors (Lipinski definition) is 7. The van der Waals surface area contributed by atoms with E-state index in [2.05, 4.69) is 10.00 Å². The third-order valence-electron chi connectivity index (χ3n) is 6.10. The topological polar surface area (TPSA) is 89.2 Å². The van der Waals surface area contributed by atoms with Gasteiger partial charge in [0.15, 0.2) is 11.5 Å². The second-order valence-electron chi connectivity index (χ2n) is 8.98. The first-order chi connectivity index (χ1) is 16.8. The molecule has 2 N–H and O–H groups in total. The highest BCUT2D eigenvalue weighted by Crippen LogP contribution is 2.30. The van der Waals surface area contributed by atoms with Crippen LogP contribution in [0.5, 0.6) is 17.2 Å². The molecule has 2 atom stereocenters. The number of halogens is 1. The summed E-state index contributed by atoms with van der Waals surface area (Å²) in [6.45, 7) is 4.33. The number of likely N-dealkylation sites (tertiary alicyclic amines) is 1. The second-order valence-corrected chi connectivity index (χ2v) is 8.98. The first-order valence-corrected chi connectivity index (χ1v) is 11.6. The molecular formula is C26H32FN3O5. The molecule has 0 unspecified atom stereocenters. The van der Waals surface area contributed by atoms with Gasteiger partial charge >= 0.3 is 0 Å². The standard InChI is InChI=1S/C26H32FN3O5/c1-19-14-28-30(15-19)10-11-34-23-7-6-20(12-24(23)33-2)16-29-9-8-25(31)26(32,17-29)18-35-22-5-3-4-21(27)13-22/h3-7,12-15,25,31-32H,8-11,16-18H2,1-2H3/t25-,26-/m0/s1. The van der Waals surface area contributed by atoms with E-state index >= 15 is 0 Å². The summed E-state index contributed by atoms with van der Waals surface area (Å²) >= 11 is 0. The number of rotatable bonds is 10. The van der Waals surface area contributed by atoms with Gasteiger partial charge in [-0.2, -0.15) is 5.10 Å². The van der Waals surface area contributed by atoms with E-state index in [1.54, 1.807) is 13.2 Å². The zero-order valence-electron chi connectivity index (χ0n) is 20.1. The molecule has 0 amide bonds. The van der Waals surface area contributed by atoms with Crippen LogP contribution in [0.15, 0.2) is 54.9 Å². The largest absolute Gasteiger partial charge is 0.493 e. The van der Waals surface area contributed by atoms with Crippen molar-refractivity contribution in [1.29, 1.82) is 0 Å². The van der Waals surface area contributed by atoms with Crippen molar-refractivity contribution in [2.24, 2.45) is 0 Å². The van der Waals surface area contributed by atoms with Crippen LogP contribution in [0.3, 0.4) is 0 Å². The van der Waals surface area contributed by atoms with Crippen LogP contribution in [0.2, 0.25) is 0 Å². The average molecular weight is 486 g/mol. The Balaban J connectivity index is 1.34. The van der Waals surface area contributed by atoms with Crippen molar-refractivity contribution in [3.05, 3.63) is 71.8 Å². The zero-order chi connectivity index (χ0) is 24.8. The van der Waals surface area contributed by atoms with E-state index in [-0.39, 0.29) is 13.2 Å². The Bertz CT molecular complexity index is 1120. The Morgan fingerprint density at radius 1 is 1.17 bits per heavy atom. The smallest absolute Gasteiger partial charge is 0.161 e. The predicted molar refractivity (Wildman–Crippen MR) is 128 cm³/mol. The van der Waals surface area contributed by atoms with Gasteiger partial charge in [-0.25, -0.2) is 4.39 Å². The number of aromatic nitrogens is 2. The minimum Gasteiger partial charge on any atom is -0.493 e. The van der Waals surface area contributed by atoms with Gasteiger partial charge in [0.1, 0.15) is 30.4 Å². The second kappa shape index (κ2) is 11.1. The summed E-state index contributed by atoms with van der Waals surface area (Å²) in [7, 11) is 1.60. The van der Waals surface area contributed by atoms with E-state index in [4.69, 9.17) is 14.2 Å². The maximum atomic E-state index is 13.4. The molecule has 1 aliphatic heterocycles. The van der Waals surface area contributed by atoms with Gasteiger partial charge in [-0.3, -0.25) is 9.58 Å². The molecule has 1 fully saturated rings. The highest BCUT2D eigenvalue weighted by atomic mass is 19.1. The normalized spacial score (nSPS) is 20.5. The van der Waals surface area contributed by atoms with Gasteiger partial charge in [0, 0.05) is 31.9 Å². The van der Waals surface area contributed by atoms with Gasteiger partial charge in [-0.1, -0.05) is 12.1 Å². The number of aryl methyl sites for hydroxylation is 1. The number of hydrogen-bond donors (Lipinski definition) is 2. The van der Waals surface area contributed by atoms with Crippen LogP contribution in [0.25, 0.3) is 0 Å². The number of nitrogens with zero attached hydrogens (tertiary/aromatic N) is 3. The minimum absolute atomic E-state index is 0.139. The lowest BCUT2D eigenvalue weighted by atomic mass is 9.90. The molecule has 9 heteroatoms. The molecule has 0 saturated carbocycles. The van der Waals surface area contributed by atoms with E-state index in [0.717, 1.165) is 11.1 Å². The Labute approximate surface area is 204 Å². The number of β-amino-alcohol motifs (C(OH)–C–C–N with tert-alkyl or cyclic N) is 1. The fourth-order valence-corrected chi connectivity index (χ4v) is 4.21. The molecule has 1 aromatic heterocycles. The summed E-state index contributed by atoms with van der Waals surface area (Å²) in [5.74, 6) is 1.17. The van der Waals surface area contributed by atoms with Crippen LogP contribution in [-0.4, -0.2) is 70.0 Å². The summed E-state index contributed by atoms with van der Waals surface area (Å²) in [5.41, 5.74) is 0.619. The fraction of sp³-hybridized carbons (Fsp3) is 0.423. The van der Waals surface area contributed by atoms with Crippen LogP contribution in [0.4, 0.5) is 4.39 Å². The summed E-state index contributed by atoms with van der Waals surface area (Å²) in [4.78, 5) is 2.05. The average Bonchev–Trinajstić information content (AvgIpc) is 3.26. The lowest BCUT2D eigenvalue weighted by Crippen LogP contribution is -2.59. The Morgan fingerprint density at radius 3 is 2.77 bits per heavy atom. The van der Waals surface area contributed by atoms with E-state index in [1.807, 2.05) is 42.2 Å². The molecule has 2 aromatic carbocycles. The van der Waals surface area contributed by atoms with Crippen molar-refractivity contribution in [3.63, 3.8) is 0 Å². The Hall–Kier alpha value is -3.14. The molecule has 2 heterocycles. The molecule has 0 spiro atoms. The van der Waals surface area contributed by atoms with Crippen LogP contribution < -0.4 is 14.2 Å². The number of piperidine rings is 1. The summed E-state index contributed by atoms with van der Waals surface area (Å²) < 4.78 is 32.3. The minimum atomic E-state index is -1.47. The van der Waals surface area contributed by atoms with Crippen LogP contribution in [0.1, 0.15) is 17.5 Å². The van der Waals surface area contributed by atoms with Crippen molar-refractivity contribution in [1.82, 2.24) is 14.7 Å². The van der Waals surface area contributed by atoms with Crippen molar-refractivity contribution in [3.8, 4) is 17.2 Å². The maximum absolute atomic E-state index is 13.4. The van der Waals surface area contributed by atoms with Crippen LogP contribution in [0, 0.1) is 12.7 Å². The van der Waals surface area contributed by atoms with Crippen LogP contribution >= 0.6 is 0 Å².